The van der Waals surface area contributed by atoms with E-state index >= 15 is 0 Å². The highest BCUT2D eigenvalue weighted by atomic mass is 35.5. The van der Waals surface area contributed by atoms with Crippen LogP contribution in [0.1, 0.15) is 33.6 Å². The van der Waals surface area contributed by atoms with Gasteiger partial charge in [0.2, 0.25) is 0 Å². The van der Waals surface area contributed by atoms with Crippen molar-refractivity contribution in [3.63, 3.8) is 0 Å². The average Bonchev–Trinajstić information content (AvgIpc) is 2.94. The molecule has 1 aliphatic rings. The first-order valence-electron chi connectivity index (χ1n) is 7.71. The summed E-state index contributed by atoms with van der Waals surface area (Å²) in [4.78, 5) is 28.8. The highest BCUT2D eigenvalue weighted by molar-refractivity contribution is 7.17. The summed E-state index contributed by atoms with van der Waals surface area (Å²) in [5, 5.41) is 4.67. The molecule has 0 atom stereocenters. The fraction of sp³-hybridized carbons (Fsp3) is 0.312. The Kier molecular flexibility index (Phi) is 5.19. The average molecular weight is 404 g/mol. The zero-order valence-corrected chi connectivity index (χ0v) is 14.8. The Bertz CT molecular complexity index is 850. The van der Waals surface area contributed by atoms with Gasteiger partial charge in [0.25, 0.3) is 5.91 Å². The molecule has 26 heavy (non-hydrogen) atoms. The van der Waals surface area contributed by atoms with Crippen LogP contribution in [0, 0.1) is 0 Å². The molecule has 1 aliphatic carbocycles. The first-order valence-corrected chi connectivity index (χ1v) is 8.91. The summed E-state index contributed by atoms with van der Waals surface area (Å²) < 4.78 is 37.8. The molecule has 2 aromatic heterocycles. The largest absolute Gasteiger partial charge is 0.471 e. The third kappa shape index (κ3) is 3.99. The molecule has 0 saturated carbocycles. The summed E-state index contributed by atoms with van der Waals surface area (Å²) in [6.45, 7) is 0. The number of alkyl halides is 3. The number of thiophene rings is 1. The second-order valence-corrected chi connectivity index (χ2v) is 7.22. The number of carbonyl (C=O) groups excluding carboxylic acids is 2. The number of fused-ring (bicyclic) bond motifs is 1. The molecular weight excluding hydrogens is 391 g/mol. The number of carbonyl (C=O) groups is 2. The van der Waals surface area contributed by atoms with E-state index in [2.05, 4.69) is 10.3 Å². The van der Waals surface area contributed by atoms with Gasteiger partial charge in [-0.15, -0.1) is 11.3 Å². The quantitative estimate of drug-likeness (QED) is 0.796. The first-order chi connectivity index (χ1) is 12.3. The smallest absolute Gasteiger partial charge is 0.309 e. The number of aryl methyl sites for hydroxylation is 1. The SMILES string of the molecule is O=C(Nc1ccc(Cl)cn1)c1c(NC(=O)C(F)(F)F)sc2c1CCCC2. The molecule has 0 bridgehead atoms. The van der Waals surface area contributed by atoms with E-state index in [-0.39, 0.29) is 16.4 Å². The van der Waals surface area contributed by atoms with Crippen molar-refractivity contribution in [1.82, 2.24) is 4.98 Å². The number of hydrogen-bond donors (Lipinski definition) is 2. The van der Waals surface area contributed by atoms with E-state index in [4.69, 9.17) is 11.6 Å². The molecule has 138 valence electrons. The van der Waals surface area contributed by atoms with Gasteiger partial charge in [-0.05, 0) is 43.4 Å². The molecule has 2 N–H and O–H groups in total. The van der Waals surface area contributed by atoms with Crippen molar-refractivity contribution in [3.8, 4) is 0 Å². The number of halogens is 4. The summed E-state index contributed by atoms with van der Waals surface area (Å²) >= 11 is 6.75. The van der Waals surface area contributed by atoms with Crippen molar-refractivity contribution < 1.29 is 22.8 Å². The van der Waals surface area contributed by atoms with E-state index in [0.717, 1.165) is 29.1 Å². The third-order valence-corrected chi connectivity index (χ3v) is 5.28. The van der Waals surface area contributed by atoms with Gasteiger partial charge in [-0.1, -0.05) is 11.6 Å². The predicted molar refractivity (Wildman–Crippen MR) is 92.8 cm³/mol. The highest BCUT2D eigenvalue weighted by Crippen LogP contribution is 2.39. The van der Waals surface area contributed by atoms with Crippen LogP contribution in [-0.2, 0) is 17.6 Å². The highest BCUT2D eigenvalue weighted by Gasteiger charge is 2.40. The lowest BCUT2D eigenvalue weighted by atomic mass is 9.95. The molecule has 0 aliphatic heterocycles. The minimum atomic E-state index is -5.03. The molecule has 10 heteroatoms. The maximum absolute atomic E-state index is 12.7. The summed E-state index contributed by atoms with van der Waals surface area (Å²) in [5.74, 6) is -2.50. The summed E-state index contributed by atoms with van der Waals surface area (Å²) in [7, 11) is 0. The van der Waals surface area contributed by atoms with Gasteiger partial charge in [0.15, 0.2) is 0 Å². The van der Waals surface area contributed by atoms with Crippen molar-refractivity contribution in [1.29, 1.82) is 0 Å². The Morgan fingerprint density at radius 1 is 1.15 bits per heavy atom. The number of amides is 2. The molecule has 0 unspecified atom stereocenters. The van der Waals surface area contributed by atoms with Gasteiger partial charge in [-0.25, -0.2) is 4.98 Å². The van der Waals surface area contributed by atoms with Gasteiger partial charge in [-0.3, -0.25) is 9.59 Å². The van der Waals surface area contributed by atoms with Crippen molar-refractivity contribution >= 4 is 45.6 Å². The Balaban J connectivity index is 1.93. The number of anilines is 2. The first kappa shape index (κ1) is 18.7. The fourth-order valence-electron chi connectivity index (χ4n) is 2.70. The number of hydrogen-bond acceptors (Lipinski definition) is 4. The van der Waals surface area contributed by atoms with Gasteiger partial charge in [0.05, 0.1) is 10.6 Å². The number of rotatable bonds is 3. The lowest BCUT2D eigenvalue weighted by Crippen LogP contribution is -2.30. The van der Waals surface area contributed by atoms with Gasteiger partial charge in [-0.2, -0.15) is 13.2 Å². The van der Waals surface area contributed by atoms with Crippen LogP contribution < -0.4 is 10.6 Å². The molecule has 0 radical (unpaired) electrons. The molecule has 0 fully saturated rings. The second-order valence-electron chi connectivity index (χ2n) is 5.68. The molecule has 2 aromatic rings. The Hall–Kier alpha value is -2.13. The number of nitrogens with one attached hydrogen (secondary N) is 2. The molecular formula is C16H13ClF3N3O2S. The summed E-state index contributed by atoms with van der Waals surface area (Å²) in [5.41, 5.74) is 0.754. The minimum absolute atomic E-state index is 0.0686. The van der Waals surface area contributed by atoms with Crippen LogP contribution in [0.15, 0.2) is 18.3 Å². The Labute approximate surface area is 155 Å². The third-order valence-electron chi connectivity index (χ3n) is 3.85. The minimum Gasteiger partial charge on any atom is -0.309 e. The Morgan fingerprint density at radius 3 is 2.54 bits per heavy atom. The topological polar surface area (TPSA) is 71.1 Å². The number of nitrogens with zero attached hydrogens (tertiary/aromatic N) is 1. The summed E-state index contributed by atoms with van der Waals surface area (Å²) in [6, 6.07) is 3.01. The van der Waals surface area contributed by atoms with Crippen LogP contribution in [0.3, 0.4) is 0 Å². The van der Waals surface area contributed by atoms with Crippen LogP contribution in [-0.4, -0.2) is 23.0 Å². The predicted octanol–water partition coefficient (Wildman–Crippen LogP) is 4.43. The maximum Gasteiger partial charge on any atom is 0.471 e. The van der Waals surface area contributed by atoms with E-state index in [1.54, 1.807) is 0 Å². The lowest BCUT2D eigenvalue weighted by molar-refractivity contribution is -0.167. The van der Waals surface area contributed by atoms with Crippen molar-refractivity contribution in [3.05, 3.63) is 39.4 Å². The van der Waals surface area contributed by atoms with Crippen LogP contribution in [0.2, 0.25) is 5.02 Å². The van der Waals surface area contributed by atoms with Crippen molar-refractivity contribution in [2.24, 2.45) is 0 Å². The molecule has 0 spiro atoms. The van der Waals surface area contributed by atoms with Crippen molar-refractivity contribution in [2.45, 2.75) is 31.9 Å². The van der Waals surface area contributed by atoms with Gasteiger partial charge >= 0.3 is 12.1 Å². The number of pyridine rings is 1. The van der Waals surface area contributed by atoms with Crippen LogP contribution in [0.25, 0.3) is 0 Å². The van der Waals surface area contributed by atoms with E-state index in [1.165, 1.54) is 18.3 Å². The van der Waals surface area contributed by atoms with Crippen LogP contribution in [0.4, 0.5) is 24.0 Å². The van der Waals surface area contributed by atoms with Crippen LogP contribution >= 0.6 is 22.9 Å². The molecule has 3 rings (SSSR count). The van der Waals surface area contributed by atoms with Gasteiger partial charge < -0.3 is 10.6 Å². The fourth-order valence-corrected chi connectivity index (χ4v) is 4.09. The normalized spacial score (nSPS) is 13.8. The molecule has 0 aromatic carbocycles. The van der Waals surface area contributed by atoms with Gasteiger partial charge in [0, 0.05) is 11.1 Å². The molecule has 0 saturated heterocycles. The standard InChI is InChI=1S/C16H13ClF3N3O2S/c17-8-5-6-11(21-7-8)22-13(24)12-9-3-1-2-4-10(9)26-14(12)23-15(25)16(18,19)20/h5-7H,1-4H2,(H,23,25)(H,21,22,24). The molecule has 2 heterocycles. The van der Waals surface area contributed by atoms with Crippen LogP contribution in [0.5, 0.6) is 0 Å². The zero-order valence-electron chi connectivity index (χ0n) is 13.2. The lowest BCUT2D eigenvalue weighted by Gasteiger charge is -2.13. The van der Waals surface area contributed by atoms with E-state index in [9.17, 15) is 22.8 Å². The maximum atomic E-state index is 12.7. The number of aromatic nitrogens is 1. The van der Waals surface area contributed by atoms with Gasteiger partial charge in [0.1, 0.15) is 10.8 Å². The van der Waals surface area contributed by atoms with E-state index in [0.29, 0.717) is 23.4 Å². The Morgan fingerprint density at radius 2 is 1.88 bits per heavy atom. The second kappa shape index (κ2) is 7.24. The monoisotopic (exact) mass is 403 g/mol. The zero-order chi connectivity index (χ0) is 18.9. The molecule has 2 amide bonds. The summed E-state index contributed by atoms with van der Waals surface area (Å²) in [6.07, 6.45) is -0.732. The van der Waals surface area contributed by atoms with E-state index in [1.807, 2.05) is 5.32 Å². The van der Waals surface area contributed by atoms with Crippen molar-refractivity contribution in [2.75, 3.05) is 10.6 Å². The molecule has 5 nitrogen and oxygen atoms in total. The van der Waals surface area contributed by atoms with E-state index < -0.39 is 18.0 Å².